The van der Waals surface area contributed by atoms with E-state index in [1.807, 2.05) is 19.2 Å². The zero-order valence-electron chi connectivity index (χ0n) is 11.1. The Bertz CT molecular complexity index is 564. The highest BCUT2D eigenvalue weighted by molar-refractivity contribution is 9.10. The van der Waals surface area contributed by atoms with Crippen LogP contribution in [0, 0.1) is 0 Å². The predicted molar refractivity (Wildman–Crippen MR) is 78.4 cm³/mol. The van der Waals surface area contributed by atoms with Crippen molar-refractivity contribution >= 4 is 21.7 Å². The molecule has 19 heavy (non-hydrogen) atoms. The number of aryl methyl sites for hydroxylation is 1. The van der Waals surface area contributed by atoms with Gasteiger partial charge < -0.3 is 10.1 Å². The van der Waals surface area contributed by atoms with E-state index in [4.69, 9.17) is 4.74 Å². The molecule has 0 fully saturated rings. The molecule has 2 aromatic rings. The van der Waals surface area contributed by atoms with Crippen LogP contribution in [0.4, 0.5) is 5.82 Å². The summed E-state index contributed by atoms with van der Waals surface area (Å²) in [7, 11) is 3.42. The highest BCUT2D eigenvalue weighted by Crippen LogP contribution is 2.27. The average Bonchev–Trinajstić information content (AvgIpc) is 2.47. The monoisotopic (exact) mass is 322 g/mol. The number of hydrogen-bond donors (Lipinski definition) is 1. The molecule has 6 heteroatoms. The number of methoxy groups -OCH3 is 1. The van der Waals surface area contributed by atoms with Gasteiger partial charge in [-0.3, -0.25) is 0 Å². The van der Waals surface area contributed by atoms with E-state index in [9.17, 15) is 0 Å². The van der Waals surface area contributed by atoms with Gasteiger partial charge in [-0.05, 0) is 28.4 Å². The summed E-state index contributed by atoms with van der Waals surface area (Å²) >= 11 is 3.50. The van der Waals surface area contributed by atoms with Gasteiger partial charge in [-0.1, -0.05) is 13.0 Å². The van der Waals surface area contributed by atoms with Gasteiger partial charge in [0.2, 0.25) is 5.88 Å². The third kappa shape index (κ3) is 2.84. The molecule has 0 aliphatic rings. The minimum Gasteiger partial charge on any atom is -0.481 e. The lowest BCUT2D eigenvalue weighted by Gasteiger charge is -2.10. The lowest BCUT2D eigenvalue weighted by Crippen LogP contribution is -2.03. The molecule has 0 aliphatic heterocycles. The molecule has 0 spiro atoms. The number of nitrogens with zero attached hydrogens (tertiary/aromatic N) is 3. The molecule has 2 aromatic heterocycles. The molecule has 2 heterocycles. The van der Waals surface area contributed by atoms with Crippen LogP contribution in [0.1, 0.15) is 12.6 Å². The minimum absolute atomic E-state index is 0.549. The van der Waals surface area contributed by atoms with Crippen LogP contribution < -0.4 is 10.1 Å². The van der Waals surface area contributed by atoms with Gasteiger partial charge in [-0.15, -0.1) is 0 Å². The van der Waals surface area contributed by atoms with Crippen LogP contribution >= 0.6 is 15.9 Å². The third-order valence-corrected chi connectivity index (χ3v) is 3.49. The molecule has 0 aliphatic carbocycles. The Morgan fingerprint density at radius 2 is 2.05 bits per heavy atom. The fraction of sp³-hybridized carbons (Fsp3) is 0.308. The molecule has 5 nitrogen and oxygen atoms in total. The normalized spacial score (nSPS) is 10.3. The Morgan fingerprint density at radius 3 is 2.68 bits per heavy atom. The average molecular weight is 323 g/mol. The first kappa shape index (κ1) is 13.7. The molecule has 0 aromatic carbocycles. The Morgan fingerprint density at radius 1 is 1.26 bits per heavy atom. The van der Waals surface area contributed by atoms with Crippen molar-refractivity contribution in [2.24, 2.45) is 0 Å². The van der Waals surface area contributed by atoms with E-state index in [0.717, 1.165) is 22.4 Å². The van der Waals surface area contributed by atoms with Crippen molar-refractivity contribution in [3.8, 4) is 17.4 Å². The fourth-order valence-electron chi connectivity index (χ4n) is 1.66. The van der Waals surface area contributed by atoms with Crippen molar-refractivity contribution in [1.82, 2.24) is 15.0 Å². The Balaban J connectivity index is 2.55. The van der Waals surface area contributed by atoms with Crippen molar-refractivity contribution in [1.29, 1.82) is 0 Å². The van der Waals surface area contributed by atoms with E-state index in [1.165, 1.54) is 0 Å². The second-order valence-corrected chi connectivity index (χ2v) is 4.62. The summed E-state index contributed by atoms with van der Waals surface area (Å²) < 4.78 is 6.01. The molecule has 0 atom stereocenters. The summed E-state index contributed by atoms with van der Waals surface area (Å²) in [5.74, 6) is 1.89. The number of nitrogens with one attached hydrogen (secondary N) is 1. The van der Waals surface area contributed by atoms with Crippen LogP contribution in [0.15, 0.2) is 22.7 Å². The third-order valence-electron chi connectivity index (χ3n) is 2.65. The van der Waals surface area contributed by atoms with Crippen molar-refractivity contribution in [3.05, 3.63) is 28.4 Å². The topological polar surface area (TPSA) is 59.9 Å². The molecule has 0 saturated heterocycles. The van der Waals surface area contributed by atoms with Crippen LogP contribution in [0.5, 0.6) is 5.88 Å². The first-order valence-electron chi connectivity index (χ1n) is 5.95. The number of hydrogen-bond acceptors (Lipinski definition) is 5. The minimum atomic E-state index is 0.549. The van der Waals surface area contributed by atoms with Gasteiger partial charge in [0.15, 0.2) is 5.82 Å². The number of halogens is 1. The zero-order chi connectivity index (χ0) is 13.8. The molecule has 1 N–H and O–H groups in total. The van der Waals surface area contributed by atoms with Crippen LogP contribution in [0.25, 0.3) is 11.5 Å². The predicted octanol–water partition coefficient (Wildman–Crippen LogP) is 2.91. The highest BCUT2D eigenvalue weighted by atomic mass is 79.9. The van der Waals surface area contributed by atoms with Crippen molar-refractivity contribution < 1.29 is 4.74 Å². The van der Waals surface area contributed by atoms with Gasteiger partial charge in [-0.2, -0.15) is 0 Å². The van der Waals surface area contributed by atoms with Crippen LogP contribution in [0.3, 0.4) is 0 Å². The number of aromatic nitrogens is 3. The maximum Gasteiger partial charge on any atom is 0.213 e. The molecule has 0 radical (unpaired) electrons. The summed E-state index contributed by atoms with van der Waals surface area (Å²) in [5, 5.41) is 3.05. The Kier molecular flexibility index (Phi) is 4.31. The summed E-state index contributed by atoms with van der Waals surface area (Å²) in [6, 6.07) is 5.53. The zero-order valence-corrected chi connectivity index (χ0v) is 12.7. The summed E-state index contributed by atoms with van der Waals surface area (Å²) in [6.45, 7) is 2.05. The summed E-state index contributed by atoms with van der Waals surface area (Å²) in [4.78, 5) is 13.3. The SMILES string of the molecule is CCc1nc(-c2cccc(OC)n2)nc(NC)c1Br. The number of pyridine rings is 1. The van der Waals surface area contributed by atoms with Gasteiger partial charge in [-0.25, -0.2) is 15.0 Å². The van der Waals surface area contributed by atoms with Crippen molar-refractivity contribution in [2.45, 2.75) is 13.3 Å². The van der Waals surface area contributed by atoms with Gasteiger partial charge >= 0.3 is 0 Å². The van der Waals surface area contributed by atoms with E-state index in [0.29, 0.717) is 17.4 Å². The van der Waals surface area contributed by atoms with Crippen LogP contribution in [0.2, 0.25) is 0 Å². The van der Waals surface area contributed by atoms with Gasteiger partial charge in [0.05, 0.1) is 17.3 Å². The van der Waals surface area contributed by atoms with E-state index in [1.54, 1.807) is 13.2 Å². The number of rotatable bonds is 4. The van der Waals surface area contributed by atoms with E-state index in [-0.39, 0.29) is 0 Å². The molecule has 0 bridgehead atoms. The molecule has 100 valence electrons. The second kappa shape index (κ2) is 5.97. The molecular weight excluding hydrogens is 308 g/mol. The quantitative estimate of drug-likeness (QED) is 0.937. The Labute approximate surface area is 120 Å². The second-order valence-electron chi connectivity index (χ2n) is 3.83. The lowest BCUT2D eigenvalue weighted by molar-refractivity contribution is 0.398. The fourth-order valence-corrected chi connectivity index (χ4v) is 2.32. The summed E-state index contributed by atoms with van der Waals surface area (Å²) in [5.41, 5.74) is 1.64. The molecular formula is C13H15BrN4O. The van der Waals surface area contributed by atoms with E-state index < -0.39 is 0 Å². The molecule has 0 unspecified atom stereocenters. The molecule has 0 amide bonds. The number of ether oxygens (including phenoxy) is 1. The molecule has 0 saturated carbocycles. The van der Waals surface area contributed by atoms with Gasteiger partial charge in [0.25, 0.3) is 0 Å². The van der Waals surface area contributed by atoms with Crippen LogP contribution in [-0.2, 0) is 6.42 Å². The first-order valence-corrected chi connectivity index (χ1v) is 6.74. The van der Waals surface area contributed by atoms with Gasteiger partial charge in [0.1, 0.15) is 11.5 Å². The highest BCUT2D eigenvalue weighted by Gasteiger charge is 2.12. The maximum absolute atomic E-state index is 5.12. The first-order chi connectivity index (χ1) is 9.19. The number of anilines is 1. The van der Waals surface area contributed by atoms with E-state index >= 15 is 0 Å². The Hall–Kier alpha value is -1.69. The van der Waals surface area contributed by atoms with Crippen molar-refractivity contribution in [3.63, 3.8) is 0 Å². The standard InChI is InChI=1S/C13H15BrN4O/c1-4-8-11(14)13(15-2)18-12(17-8)9-6-5-7-10(16-9)19-3/h5-7H,4H2,1-3H3,(H,15,17,18). The summed E-state index contributed by atoms with van der Waals surface area (Å²) in [6.07, 6.45) is 0.814. The molecule has 2 rings (SSSR count). The van der Waals surface area contributed by atoms with Gasteiger partial charge in [0, 0.05) is 13.1 Å². The largest absolute Gasteiger partial charge is 0.481 e. The van der Waals surface area contributed by atoms with Crippen LogP contribution in [-0.4, -0.2) is 29.1 Å². The van der Waals surface area contributed by atoms with Crippen molar-refractivity contribution in [2.75, 3.05) is 19.5 Å². The maximum atomic E-state index is 5.12. The lowest BCUT2D eigenvalue weighted by atomic mass is 10.2. The smallest absolute Gasteiger partial charge is 0.213 e. The van der Waals surface area contributed by atoms with E-state index in [2.05, 4.69) is 43.1 Å².